The highest BCUT2D eigenvalue weighted by molar-refractivity contribution is 5.91. The van der Waals surface area contributed by atoms with E-state index in [4.69, 9.17) is 19.7 Å². The molecule has 0 saturated carbocycles. The minimum absolute atomic E-state index is 0.193. The zero-order valence-electron chi connectivity index (χ0n) is 11.6. The van der Waals surface area contributed by atoms with E-state index in [2.05, 4.69) is 0 Å². The maximum atomic E-state index is 11.2. The van der Waals surface area contributed by atoms with Crippen LogP contribution < -0.4 is 0 Å². The minimum atomic E-state index is -0.619. The second kappa shape index (κ2) is 10.8. The molecule has 112 valence electrons. The van der Waals surface area contributed by atoms with E-state index in [1.54, 1.807) is 13.8 Å². The summed E-state index contributed by atoms with van der Waals surface area (Å²) < 4.78 is 9.63. The first-order valence-electron chi connectivity index (χ1n) is 6.59. The fraction of sp³-hybridized carbons (Fsp3) is 0.846. The molecular formula is C13H24O6. The number of ether oxygens (including phenoxy) is 2. The Hall–Kier alpha value is -1.14. The van der Waals surface area contributed by atoms with Crippen molar-refractivity contribution in [2.75, 3.05) is 13.2 Å². The van der Waals surface area contributed by atoms with Gasteiger partial charge in [-0.05, 0) is 39.5 Å². The lowest BCUT2D eigenvalue weighted by Crippen LogP contribution is -2.16. The lowest BCUT2D eigenvalue weighted by Gasteiger charge is -2.07. The van der Waals surface area contributed by atoms with Crippen LogP contribution in [0.2, 0.25) is 0 Å². The Labute approximate surface area is 113 Å². The van der Waals surface area contributed by atoms with E-state index in [1.807, 2.05) is 0 Å². The van der Waals surface area contributed by atoms with Crippen LogP contribution in [-0.4, -0.2) is 47.6 Å². The molecule has 0 amide bonds. The molecule has 0 radical (unpaired) electrons. The molecule has 0 fully saturated rings. The largest absolute Gasteiger partial charge is 0.465 e. The molecule has 0 aromatic rings. The predicted molar refractivity (Wildman–Crippen MR) is 68.4 cm³/mol. The summed E-state index contributed by atoms with van der Waals surface area (Å²) in [6.07, 6.45) is 0.993. The molecule has 0 aliphatic carbocycles. The fourth-order valence-corrected chi connectivity index (χ4v) is 1.35. The molecule has 2 N–H and O–H groups in total. The van der Waals surface area contributed by atoms with Gasteiger partial charge >= 0.3 is 11.9 Å². The van der Waals surface area contributed by atoms with Crippen LogP contribution >= 0.6 is 0 Å². The summed E-state index contributed by atoms with van der Waals surface area (Å²) in [5.41, 5.74) is 0. The summed E-state index contributed by atoms with van der Waals surface area (Å²) in [7, 11) is 0. The average Bonchev–Trinajstić information content (AvgIpc) is 2.30. The topological polar surface area (TPSA) is 93.1 Å². The maximum absolute atomic E-state index is 11.2. The van der Waals surface area contributed by atoms with Crippen molar-refractivity contribution >= 4 is 11.9 Å². The zero-order valence-corrected chi connectivity index (χ0v) is 11.6. The molecule has 0 aliphatic heterocycles. The van der Waals surface area contributed by atoms with E-state index in [0.717, 1.165) is 0 Å². The van der Waals surface area contributed by atoms with Crippen LogP contribution in [0.15, 0.2) is 0 Å². The molecular weight excluding hydrogens is 252 g/mol. The number of esters is 2. The highest BCUT2D eigenvalue weighted by Gasteiger charge is 2.12. The molecule has 6 heteroatoms. The van der Waals surface area contributed by atoms with Crippen LogP contribution in [0, 0.1) is 0 Å². The Kier molecular flexibility index (Phi) is 10.1. The lowest BCUT2D eigenvalue weighted by atomic mass is 10.2. The van der Waals surface area contributed by atoms with Gasteiger partial charge in [0.15, 0.2) is 0 Å². The summed E-state index contributed by atoms with van der Waals surface area (Å²) in [6.45, 7) is 3.71. The number of aliphatic hydroxyl groups excluding tert-OH is 2. The number of aliphatic hydroxyl groups is 2. The highest BCUT2D eigenvalue weighted by Crippen LogP contribution is 2.00. The van der Waals surface area contributed by atoms with Crippen LogP contribution in [-0.2, 0) is 19.1 Å². The number of carbonyl (C=O) groups excluding carboxylic acids is 2. The van der Waals surface area contributed by atoms with Crippen LogP contribution in [0.4, 0.5) is 0 Å². The van der Waals surface area contributed by atoms with Crippen molar-refractivity contribution in [1.29, 1.82) is 0 Å². The van der Waals surface area contributed by atoms with Gasteiger partial charge in [-0.15, -0.1) is 0 Å². The molecule has 6 nitrogen and oxygen atoms in total. The van der Waals surface area contributed by atoms with Gasteiger partial charge in [0.2, 0.25) is 0 Å². The summed E-state index contributed by atoms with van der Waals surface area (Å²) >= 11 is 0. The van der Waals surface area contributed by atoms with Gasteiger partial charge in [-0.25, -0.2) is 0 Å². The molecule has 0 rings (SSSR count). The van der Waals surface area contributed by atoms with Gasteiger partial charge in [-0.2, -0.15) is 0 Å². The SMILES string of the molecule is CC(O)CCCOC(=O)CC(=O)OCCCC(C)O. The summed E-state index contributed by atoms with van der Waals surface area (Å²) in [5, 5.41) is 18.0. The molecule has 0 aromatic carbocycles. The van der Waals surface area contributed by atoms with E-state index in [0.29, 0.717) is 25.7 Å². The quantitative estimate of drug-likeness (QED) is 0.348. The van der Waals surface area contributed by atoms with Gasteiger partial charge in [0.05, 0.1) is 25.4 Å². The summed E-state index contributed by atoms with van der Waals surface area (Å²) in [6, 6.07) is 0. The molecule has 0 heterocycles. The van der Waals surface area contributed by atoms with Gasteiger partial charge < -0.3 is 19.7 Å². The number of hydrogen-bond donors (Lipinski definition) is 2. The van der Waals surface area contributed by atoms with Gasteiger partial charge in [-0.1, -0.05) is 0 Å². The Morgan fingerprint density at radius 3 is 1.58 bits per heavy atom. The van der Waals surface area contributed by atoms with E-state index in [9.17, 15) is 9.59 Å². The summed E-state index contributed by atoms with van der Waals surface area (Å²) in [4.78, 5) is 22.4. The first kappa shape index (κ1) is 17.9. The van der Waals surface area contributed by atoms with Crippen LogP contribution in [0.3, 0.4) is 0 Å². The molecule has 0 bridgehead atoms. The average molecular weight is 276 g/mol. The predicted octanol–water partition coefficient (Wildman–Crippen LogP) is 0.785. The maximum Gasteiger partial charge on any atom is 0.317 e. The normalized spacial score (nSPS) is 13.7. The molecule has 2 unspecified atom stereocenters. The molecule has 0 aliphatic rings. The third-order valence-electron chi connectivity index (χ3n) is 2.35. The minimum Gasteiger partial charge on any atom is -0.465 e. The van der Waals surface area contributed by atoms with Crippen molar-refractivity contribution in [3.05, 3.63) is 0 Å². The molecule has 2 atom stereocenters. The van der Waals surface area contributed by atoms with E-state index in [-0.39, 0.29) is 13.2 Å². The van der Waals surface area contributed by atoms with Gasteiger partial charge in [0.25, 0.3) is 0 Å². The number of rotatable bonds is 10. The van der Waals surface area contributed by atoms with Crippen molar-refractivity contribution in [2.45, 2.75) is 58.2 Å². The van der Waals surface area contributed by atoms with E-state index < -0.39 is 30.6 Å². The van der Waals surface area contributed by atoms with Crippen molar-refractivity contribution in [3.8, 4) is 0 Å². The first-order chi connectivity index (χ1) is 8.91. The van der Waals surface area contributed by atoms with Crippen molar-refractivity contribution < 1.29 is 29.3 Å². The van der Waals surface area contributed by atoms with Crippen LogP contribution in [0.25, 0.3) is 0 Å². The molecule has 0 aromatic heterocycles. The molecule has 0 saturated heterocycles. The fourth-order valence-electron chi connectivity index (χ4n) is 1.35. The van der Waals surface area contributed by atoms with E-state index >= 15 is 0 Å². The lowest BCUT2D eigenvalue weighted by molar-refractivity contribution is -0.154. The van der Waals surface area contributed by atoms with Gasteiger partial charge in [-0.3, -0.25) is 9.59 Å². The number of carbonyl (C=O) groups is 2. The van der Waals surface area contributed by atoms with E-state index in [1.165, 1.54) is 0 Å². The van der Waals surface area contributed by atoms with Crippen molar-refractivity contribution in [1.82, 2.24) is 0 Å². The first-order valence-corrected chi connectivity index (χ1v) is 6.59. The van der Waals surface area contributed by atoms with Gasteiger partial charge in [0.1, 0.15) is 6.42 Å². The Bertz CT molecular complexity index is 236. The Morgan fingerprint density at radius 1 is 0.895 bits per heavy atom. The highest BCUT2D eigenvalue weighted by atomic mass is 16.6. The van der Waals surface area contributed by atoms with Crippen LogP contribution in [0.5, 0.6) is 0 Å². The van der Waals surface area contributed by atoms with Crippen molar-refractivity contribution in [3.63, 3.8) is 0 Å². The molecule has 19 heavy (non-hydrogen) atoms. The number of hydrogen-bond acceptors (Lipinski definition) is 6. The zero-order chi connectivity index (χ0) is 14.7. The standard InChI is InChI=1S/C13H24O6/c1-10(14)5-3-7-18-12(16)9-13(17)19-8-4-6-11(2)15/h10-11,14-15H,3-9H2,1-2H3. The van der Waals surface area contributed by atoms with Crippen molar-refractivity contribution in [2.24, 2.45) is 0 Å². The smallest absolute Gasteiger partial charge is 0.317 e. The summed E-state index contributed by atoms with van der Waals surface area (Å²) in [5.74, 6) is -1.24. The molecule has 0 spiro atoms. The monoisotopic (exact) mass is 276 g/mol. The van der Waals surface area contributed by atoms with Gasteiger partial charge in [0, 0.05) is 0 Å². The third kappa shape index (κ3) is 13.1. The third-order valence-corrected chi connectivity index (χ3v) is 2.35. The van der Waals surface area contributed by atoms with Crippen LogP contribution in [0.1, 0.15) is 46.0 Å². The second-order valence-electron chi connectivity index (χ2n) is 4.60. The Balaban J connectivity index is 3.50. The Morgan fingerprint density at radius 2 is 1.26 bits per heavy atom. The second-order valence-corrected chi connectivity index (χ2v) is 4.60.